The van der Waals surface area contributed by atoms with Gasteiger partial charge in [-0.15, -0.1) is 0 Å². The number of aryl methyl sites for hydroxylation is 1. The largest absolute Gasteiger partial charge is 0.493 e. The minimum Gasteiger partial charge on any atom is -0.493 e. The minimum atomic E-state index is -0.127. The van der Waals surface area contributed by atoms with E-state index in [0.29, 0.717) is 17.1 Å². The highest BCUT2D eigenvalue weighted by atomic mass is 16.5. The van der Waals surface area contributed by atoms with Crippen LogP contribution >= 0.6 is 0 Å². The lowest BCUT2D eigenvalue weighted by Gasteiger charge is -2.20. The van der Waals surface area contributed by atoms with Crippen molar-refractivity contribution in [2.75, 3.05) is 14.2 Å². The van der Waals surface area contributed by atoms with Gasteiger partial charge in [-0.25, -0.2) is 0 Å². The summed E-state index contributed by atoms with van der Waals surface area (Å²) in [6.45, 7) is 4.05. The van der Waals surface area contributed by atoms with E-state index < -0.39 is 0 Å². The Morgan fingerprint density at radius 1 is 1.09 bits per heavy atom. The Kier molecular flexibility index (Phi) is 5.63. The average molecular weight is 313 g/mol. The van der Waals surface area contributed by atoms with Crippen LogP contribution in [0.3, 0.4) is 0 Å². The number of benzene rings is 2. The van der Waals surface area contributed by atoms with Gasteiger partial charge in [-0.1, -0.05) is 25.1 Å². The van der Waals surface area contributed by atoms with E-state index in [2.05, 4.69) is 12.2 Å². The quantitative estimate of drug-likeness (QED) is 0.883. The van der Waals surface area contributed by atoms with Gasteiger partial charge in [0.2, 0.25) is 0 Å². The van der Waals surface area contributed by atoms with Gasteiger partial charge < -0.3 is 14.8 Å². The number of rotatable bonds is 6. The highest BCUT2D eigenvalue weighted by molar-refractivity contribution is 5.94. The Labute approximate surface area is 137 Å². The molecule has 2 rings (SSSR count). The molecule has 0 saturated heterocycles. The standard InChI is InChI=1S/C19H23NO3/c1-5-14-11-17(22-3)18(23-4)12-16(14)13(2)20-19(21)15-9-7-6-8-10-15/h6-13H,5H2,1-4H3,(H,20,21)/t13-/m1/s1. The zero-order chi connectivity index (χ0) is 16.8. The molecule has 0 bridgehead atoms. The molecule has 0 fully saturated rings. The lowest BCUT2D eigenvalue weighted by atomic mass is 9.98. The number of hydrogen-bond acceptors (Lipinski definition) is 3. The molecule has 4 heteroatoms. The SMILES string of the molecule is CCc1cc(OC)c(OC)cc1[C@@H](C)NC(=O)c1ccccc1. The van der Waals surface area contributed by atoms with Crippen molar-refractivity contribution in [3.63, 3.8) is 0 Å². The maximum absolute atomic E-state index is 12.3. The summed E-state index contributed by atoms with van der Waals surface area (Å²) in [5.41, 5.74) is 2.82. The van der Waals surface area contributed by atoms with Crippen LogP contribution < -0.4 is 14.8 Å². The monoisotopic (exact) mass is 313 g/mol. The number of hydrogen-bond donors (Lipinski definition) is 1. The van der Waals surface area contributed by atoms with E-state index in [9.17, 15) is 4.79 Å². The van der Waals surface area contributed by atoms with E-state index >= 15 is 0 Å². The third-order valence-electron chi connectivity index (χ3n) is 3.88. The van der Waals surface area contributed by atoms with Crippen LogP contribution in [-0.2, 0) is 6.42 Å². The van der Waals surface area contributed by atoms with Crippen LogP contribution in [0.1, 0.15) is 41.4 Å². The maximum atomic E-state index is 12.3. The summed E-state index contributed by atoms with van der Waals surface area (Å²) in [5, 5.41) is 3.04. The van der Waals surface area contributed by atoms with Crippen LogP contribution in [0.2, 0.25) is 0 Å². The molecule has 0 unspecified atom stereocenters. The first-order chi connectivity index (χ1) is 11.1. The van der Waals surface area contributed by atoms with Gasteiger partial charge >= 0.3 is 0 Å². The summed E-state index contributed by atoms with van der Waals surface area (Å²) >= 11 is 0. The molecule has 4 nitrogen and oxygen atoms in total. The summed E-state index contributed by atoms with van der Waals surface area (Å²) in [6.07, 6.45) is 0.848. The fraction of sp³-hybridized carbons (Fsp3) is 0.316. The van der Waals surface area contributed by atoms with E-state index in [1.807, 2.05) is 37.3 Å². The number of methoxy groups -OCH3 is 2. The number of carbonyl (C=O) groups excluding carboxylic acids is 1. The fourth-order valence-corrected chi connectivity index (χ4v) is 2.59. The molecule has 23 heavy (non-hydrogen) atoms. The van der Waals surface area contributed by atoms with Crippen molar-refractivity contribution in [3.05, 3.63) is 59.2 Å². The van der Waals surface area contributed by atoms with Crippen LogP contribution in [0, 0.1) is 0 Å². The van der Waals surface area contributed by atoms with Gasteiger partial charge in [-0.2, -0.15) is 0 Å². The topological polar surface area (TPSA) is 47.6 Å². The Bertz CT molecular complexity index is 668. The summed E-state index contributed by atoms with van der Waals surface area (Å²) in [6, 6.07) is 13.0. The molecule has 0 aromatic heterocycles. The number of carbonyl (C=O) groups is 1. The first kappa shape index (κ1) is 16.9. The molecule has 1 amide bonds. The van der Waals surface area contributed by atoms with E-state index in [-0.39, 0.29) is 11.9 Å². The first-order valence-electron chi connectivity index (χ1n) is 7.71. The minimum absolute atomic E-state index is 0.0880. The molecule has 0 spiro atoms. The van der Waals surface area contributed by atoms with E-state index in [1.54, 1.807) is 26.4 Å². The number of amides is 1. The second-order valence-corrected chi connectivity index (χ2v) is 5.32. The fourth-order valence-electron chi connectivity index (χ4n) is 2.59. The van der Waals surface area contributed by atoms with Crippen LogP contribution in [0.5, 0.6) is 11.5 Å². The molecule has 1 atom stereocenters. The van der Waals surface area contributed by atoms with Gasteiger partial charge in [0.15, 0.2) is 11.5 Å². The molecule has 122 valence electrons. The van der Waals surface area contributed by atoms with Crippen LogP contribution in [0.15, 0.2) is 42.5 Å². The number of ether oxygens (including phenoxy) is 2. The lowest BCUT2D eigenvalue weighted by molar-refractivity contribution is 0.0939. The highest BCUT2D eigenvalue weighted by Crippen LogP contribution is 2.33. The molecule has 0 radical (unpaired) electrons. The maximum Gasteiger partial charge on any atom is 0.251 e. The molecule has 2 aromatic rings. The molecule has 0 heterocycles. The Morgan fingerprint density at radius 3 is 2.26 bits per heavy atom. The smallest absolute Gasteiger partial charge is 0.251 e. The summed E-state index contributed by atoms with van der Waals surface area (Å²) in [5.74, 6) is 1.28. The zero-order valence-corrected chi connectivity index (χ0v) is 14.1. The highest BCUT2D eigenvalue weighted by Gasteiger charge is 2.17. The number of nitrogens with one attached hydrogen (secondary N) is 1. The first-order valence-corrected chi connectivity index (χ1v) is 7.71. The third-order valence-corrected chi connectivity index (χ3v) is 3.88. The van der Waals surface area contributed by atoms with Crippen molar-refractivity contribution in [1.29, 1.82) is 0 Å². The van der Waals surface area contributed by atoms with Gasteiger partial charge in [0.1, 0.15) is 0 Å². The van der Waals surface area contributed by atoms with Crippen molar-refractivity contribution < 1.29 is 14.3 Å². The Morgan fingerprint density at radius 2 is 1.70 bits per heavy atom. The predicted molar refractivity (Wildman–Crippen MR) is 91.2 cm³/mol. The van der Waals surface area contributed by atoms with Crippen molar-refractivity contribution >= 4 is 5.91 Å². The van der Waals surface area contributed by atoms with Crippen molar-refractivity contribution in [1.82, 2.24) is 5.32 Å². The molecule has 0 aliphatic heterocycles. The Balaban J connectivity index is 2.27. The van der Waals surface area contributed by atoms with Gasteiger partial charge in [0.05, 0.1) is 20.3 Å². The molecule has 2 aromatic carbocycles. The van der Waals surface area contributed by atoms with Crippen molar-refractivity contribution in [2.45, 2.75) is 26.3 Å². The van der Waals surface area contributed by atoms with E-state index in [4.69, 9.17) is 9.47 Å². The zero-order valence-electron chi connectivity index (χ0n) is 14.1. The summed E-state index contributed by atoms with van der Waals surface area (Å²) in [7, 11) is 3.23. The molecule has 1 N–H and O–H groups in total. The second-order valence-electron chi connectivity index (χ2n) is 5.32. The van der Waals surface area contributed by atoms with Gasteiger partial charge in [-0.3, -0.25) is 4.79 Å². The van der Waals surface area contributed by atoms with Gasteiger partial charge in [0, 0.05) is 5.56 Å². The van der Waals surface area contributed by atoms with Crippen LogP contribution in [-0.4, -0.2) is 20.1 Å². The van der Waals surface area contributed by atoms with Gasteiger partial charge in [-0.05, 0) is 48.7 Å². The van der Waals surface area contributed by atoms with E-state index in [0.717, 1.165) is 17.5 Å². The predicted octanol–water partition coefficient (Wildman–Crippen LogP) is 3.76. The normalized spacial score (nSPS) is 11.7. The van der Waals surface area contributed by atoms with E-state index in [1.165, 1.54) is 0 Å². The second kappa shape index (κ2) is 7.68. The van der Waals surface area contributed by atoms with Crippen molar-refractivity contribution in [2.24, 2.45) is 0 Å². The van der Waals surface area contributed by atoms with Gasteiger partial charge in [0.25, 0.3) is 5.91 Å². The average Bonchev–Trinajstić information content (AvgIpc) is 2.60. The lowest BCUT2D eigenvalue weighted by Crippen LogP contribution is -2.27. The van der Waals surface area contributed by atoms with Crippen LogP contribution in [0.25, 0.3) is 0 Å². The summed E-state index contributed by atoms with van der Waals surface area (Å²) in [4.78, 5) is 12.3. The molecular weight excluding hydrogens is 290 g/mol. The Hall–Kier alpha value is -2.49. The summed E-state index contributed by atoms with van der Waals surface area (Å²) < 4.78 is 10.7. The van der Waals surface area contributed by atoms with Crippen LogP contribution in [0.4, 0.5) is 0 Å². The molecule has 0 saturated carbocycles. The molecule has 0 aliphatic rings. The third kappa shape index (κ3) is 3.83. The molecule has 0 aliphatic carbocycles. The van der Waals surface area contributed by atoms with Crippen molar-refractivity contribution in [3.8, 4) is 11.5 Å². The molecular formula is C19H23NO3.